The van der Waals surface area contributed by atoms with Crippen LogP contribution in [0, 0.1) is 0 Å². The SMILES string of the molecule is CCNCCC(=O)NC(C)c1ccccc1OC(F)F. The van der Waals surface area contributed by atoms with E-state index in [0.717, 1.165) is 6.54 Å². The summed E-state index contributed by atoms with van der Waals surface area (Å²) in [5, 5.41) is 5.81. The predicted molar refractivity (Wildman–Crippen MR) is 72.8 cm³/mol. The minimum absolute atomic E-state index is 0.0852. The third-order valence-electron chi connectivity index (χ3n) is 2.76. The molecule has 6 heteroatoms. The summed E-state index contributed by atoms with van der Waals surface area (Å²) in [6.45, 7) is 2.20. The van der Waals surface area contributed by atoms with Gasteiger partial charge in [0.2, 0.25) is 5.91 Å². The molecule has 0 aromatic heterocycles. The highest BCUT2D eigenvalue weighted by Crippen LogP contribution is 2.26. The Morgan fingerprint density at radius 2 is 2.05 bits per heavy atom. The second kappa shape index (κ2) is 8.47. The van der Waals surface area contributed by atoms with Crippen molar-refractivity contribution in [3.05, 3.63) is 29.8 Å². The molecule has 1 unspecified atom stereocenters. The van der Waals surface area contributed by atoms with E-state index in [1.165, 1.54) is 6.07 Å². The molecular formula is C14H20F2N2O2. The van der Waals surface area contributed by atoms with Gasteiger partial charge in [-0.3, -0.25) is 4.79 Å². The maximum absolute atomic E-state index is 12.3. The van der Waals surface area contributed by atoms with Crippen molar-refractivity contribution < 1.29 is 18.3 Å². The van der Waals surface area contributed by atoms with Gasteiger partial charge in [-0.25, -0.2) is 0 Å². The predicted octanol–water partition coefficient (Wildman–Crippen LogP) is 2.46. The van der Waals surface area contributed by atoms with E-state index < -0.39 is 6.61 Å². The number of halogens is 2. The zero-order valence-corrected chi connectivity index (χ0v) is 11.7. The molecule has 1 rings (SSSR count). The molecule has 0 radical (unpaired) electrons. The number of alkyl halides is 2. The quantitative estimate of drug-likeness (QED) is 0.722. The lowest BCUT2D eigenvalue weighted by molar-refractivity contribution is -0.121. The fourth-order valence-corrected chi connectivity index (χ4v) is 1.81. The molecule has 0 saturated heterocycles. The van der Waals surface area contributed by atoms with Crippen LogP contribution in [0.5, 0.6) is 5.75 Å². The molecule has 1 amide bonds. The van der Waals surface area contributed by atoms with Crippen molar-refractivity contribution in [2.45, 2.75) is 32.9 Å². The molecule has 112 valence electrons. The first-order valence-electron chi connectivity index (χ1n) is 6.58. The largest absolute Gasteiger partial charge is 0.434 e. The van der Waals surface area contributed by atoms with Gasteiger partial charge in [-0.05, 0) is 19.5 Å². The number of carbonyl (C=O) groups excluding carboxylic acids is 1. The van der Waals surface area contributed by atoms with E-state index in [1.54, 1.807) is 25.1 Å². The van der Waals surface area contributed by atoms with E-state index in [4.69, 9.17) is 0 Å². The van der Waals surface area contributed by atoms with Gasteiger partial charge in [0.1, 0.15) is 5.75 Å². The van der Waals surface area contributed by atoms with Gasteiger partial charge in [0.05, 0.1) is 6.04 Å². The Hall–Kier alpha value is -1.69. The highest BCUT2D eigenvalue weighted by Gasteiger charge is 2.16. The lowest BCUT2D eigenvalue weighted by atomic mass is 10.1. The Labute approximate surface area is 117 Å². The maximum atomic E-state index is 12.3. The Balaban J connectivity index is 2.62. The molecule has 20 heavy (non-hydrogen) atoms. The van der Waals surface area contributed by atoms with E-state index in [0.29, 0.717) is 18.5 Å². The topological polar surface area (TPSA) is 50.4 Å². The van der Waals surface area contributed by atoms with E-state index >= 15 is 0 Å². The molecule has 4 nitrogen and oxygen atoms in total. The zero-order chi connectivity index (χ0) is 15.0. The average molecular weight is 286 g/mol. The zero-order valence-electron chi connectivity index (χ0n) is 11.7. The molecule has 0 bridgehead atoms. The van der Waals surface area contributed by atoms with Crippen molar-refractivity contribution in [2.75, 3.05) is 13.1 Å². The lowest BCUT2D eigenvalue weighted by Gasteiger charge is -2.18. The molecule has 0 spiro atoms. The van der Waals surface area contributed by atoms with Gasteiger partial charge in [0.25, 0.3) is 0 Å². The summed E-state index contributed by atoms with van der Waals surface area (Å²) in [6, 6.07) is 6.06. The number of amides is 1. The van der Waals surface area contributed by atoms with Gasteiger partial charge in [0, 0.05) is 18.5 Å². The molecule has 0 heterocycles. The number of nitrogens with one attached hydrogen (secondary N) is 2. The van der Waals surface area contributed by atoms with Gasteiger partial charge in [-0.2, -0.15) is 8.78 Å². The standard InChI is InChI=1S/C14H20F2N2O2/c1-3-17-9-8-13(19)18-10(2)11-6-4-5-7-12(11)20-14(15)16/h4-7,10,14,17H,3,8-9H2,1-2H3,(H,18,19). The summed E-state index contributed by atoms with van der Waals surface area (Å²) in [7, 11) is 0. The fraction of sp³-hybridized carbons (Fsp3) is 0.500. The highest BCUT2D eigenvalue weighted by atomic mass is 19.3. The van der Waals surface area contributed by atoms with Crippen molar-refractivity contribution in [3.8, 4) is 5.75 Å². The normalized spacial score (nSPS) is 12.2. The molecule has 1 aromatic rings. The number of rotatable bonds is 8. The monoisotopic (exact) mass is 286 g/mol. The van der Waals surface area contributed by atoms with Crippen molar-refractivity contribution in [1.82, 2.24) is 10.6 Å². The van der Waals surface area contributed by atoms with E-state index in [2.05, 4.69) is 15.4 Å². The summed E-state index contributed by atoms with van der Waals surface area (Å²) in [5.41, 5.74) is 0.532. The minimum atomic E-state index is -2.88. The van der Waals surface area contributed by atoms with Crippen LogP contribution in [-0.2, 0) is 4.79 Å². The molecule has 1 aromatic carbocycles. The van der Waals surface area contributed by atoms with Crippen LogP contribution >= 0.6 is 0 Å². The molecule has 0 aliphatic rings. The third-order valence-corrected chi connectivity index (χ3v) is 2.76. The Bertz CT molecular complexity index is 427. The van der Waals surface area contributed by atoms with Crippen LogP contribution in [0.15, 0.2) is 24.3 Å². The second-order valence-corrected chi connectivity index (χ2v) is 4.31. The molecule has 0 fully saturated rings. The van der Waals surface area contributed by atoms with Crippen LogP contribution in [0.25, 0.3) is 0 Å². The summed E-state index contributed by atoms with van der Waals surface area (Å²) in [5.74, 6) is -0.0488. The molecule has 0 saturated carbocycles. The number of hydrogen-bond donors (Lipinski definition) is 2. The van der Waals surface area contributed by atoms with Crippen molar-refractivity contribution in [2.24, 2.45) is 0 Å². The van der Waals surface area contributed by atoms with E-state index in [9.17, 15) is 13.6 Å². The van der Waals surface area contributed by atoms with E-state index in [1.807, 2.05) is 6.92 Å². The first kappa shape index (κ1) is 16.4. The first-order valence-corrected chi connectivity index (χ1v) is 6.58. The first-order chi connectivity index (χ1) is 9.54. The Morgan fingerprint density at radius 1 is 1.35 bits per heavy atom. The number of benzene rings is 1. The van der Waals surface area contributed by atoms with Gasteiger partial charge < -0.3 is 15.4 Å². The second-order valence-electron chi connectivity index (χ2n) is 4.31. The summed E-state index contributed by atoms with van der Waals surface area (Å²) in [4.78, 5) is 11.7. The number of carbonyl (C=O) groups is 1. The summed E-state index contributed by atoms with van der Waals surface area (Å²) in [6.07, 6.45) is 0.343. The minimum Gasteiger partial charge on any atom is -0.434 e. The van der Waals surface area contributed by atoms with Gasteiger partial charge >= 0.3 is 6.61 Å². The fourth-order valence-electron chi connectivity index (χ4n) is 1.81. The molecule has 2 N–H and O–H groups in total. The number of para-hydroxylation sites is 1. The smallest absolute Gasteiger partial charge is 0.387 e. The highest BCUT2D eigenvalue weighted by molar-refractivity contribution is 5.76. The third kappa shape index (κ3) is 5.52. The van der Waals surface area contributed by atoms with Crippen LogP contribution < -0.4 is 15.4 Å². The van der Waals surface area contributed by atoms with Crippen LogP contribution in [-0.4, -0.2) is 25.6 Å². The van der Waals surface area contributed by atoms with Crippen LogP contribution in [0.3, 0.4) is 0 Å². The lowest BCUT2D eigenvalue weighted by Crippen LogP contribution is -2.30. The van der Waals surface area contributed by atoms with Gasteiger partial charge in [-0.15, -0.1) is 0 Å². The molecule has 0 aliphatic carbocycles. The van der Waals surface area contributed by atoms with Gasteiger partial charge in [0.15, 0.2) is 0 Å². The van der Waals surface area contributed by atoms with Crippen LogP contribution in [0.2, 0.25) is 0 Å². The van der Waals surface area contributed by atoms with Crippen molar-refractivity contribution in [3.63, 3.8) is 0 Å². The van der Waals surface area contributed by atoms with Crippen molar-refractivity contribution >= 4 is 5.91 Å². The Morgan fingerprint density at radius 3 is 2.70 bits per heavy atom. The van der Waals surface area contributed by atoms with Crippen LogP contribution in [0.1, 0.15) is 31.9 Å². The summed E-state index contributed by atoms with van der Waals surface area (Å²) >= 11 is 0. The van der Waals surface area contributed by atoms with Crippen molar-refractivity contribution in [1.29, 1.82) is 0 Å². The van der Waals surface area contributed by atoms with Crippen LogP contribution in [0.4, 0.5) is 8.78 Å². The summed E-state index contributed by atoms with van der Waals surface area (Å²) < 4.78 is 29.1. The Kier molecular flexibility index (Phi) is 6.93. The maximum Gasteiger partial charge on any atom is 0.387 e. The van der Waals surface area contributed by atoms with E-state index in [-0.39, 0.29) is 17.7 Å². The molecule has 0 aliphatic heterocycles. The number of hydrogen-bond acceptors (Lipinski definition) is 3. The average Bonchev–Trinajstić information content (AvgIpc) is 2.38. The number of ether oxygens (including phenoxy) is 1. The molecule has 1 atom stereocenters. The van der Waals surface area contributed by atoms with Gasteiger partial charge in [-0.1, -0.05) is 25.1 Å². The molecular weight excluding hydrogens is 266 g/mol.